The summed E-state index contributed by atoms with van der Waals surface area (Å²) in [5.74, 6) is -3.40. The van der Waals surface area contributed by atoms with E-state index < -0.39 is 49.3 Å². The number of aromatic nitrogens is 1. The molecule has 0 spiro atoms. The summed E-state index contributed by atoms with van der Waals surface area (Å²) in [5.41, 5.74) is 1.36. The van der Waals surface area contributed by atoms with Crippen molar-refractivity contribution in [3.05, 3.63) is 30.0 Å². The molecule has 3 rings (SSSR count). The van der Waals surface area contributed by atoms with Crippen LogP contribution in [0.3, 0.4) is 0 Å². The van der Waals surface area contributed by atoms with Crippen LogP contribution in [-0.2, 0) is 16.0 Å². The maximum absolute atomic E-state index is 11.6. The van der Waals surface area contributed by atoms with E-state index in [1.54, 1.807) is 12.3 Å². The van der Waals surface area contributed by atoms with Gasteiger partial charge in [0.15, 0.2) is 0 Å². The number of aliphatic hydroxyl groups is 4. The number of hydrogen-bond donors (Lipinski definition) is 8. The van der Waals surface area contributed by atoms with Crippen LogP contribution < -0.4 is 5.32 Å². The van der Waals surface area contributed by atoms with E-state index in [4.69, 9.17) is 4.74 Å². The van der Waals surface area contributed by atoms with Crippen molar-refractivity contribution in [2.75, 3.05) is 13.2 Å². The topological polar surface area (TPSA) is 175 Å². The van der Waals surface area contributed by atoms with Crippen LogP contribution in [0.25, 0.3) is 10.9 Å². The normalized spacial score (nSPS) is 29.7. The van der Waals surface area contributed by atoms with Crippen molar-refractivity contribution in [3.8, 4) is 5.75 Å². The molecule has 10 nitrogen and oxygen atoms in total. The number of nitrogens with one attached hydrogen (secondary N) is 2. The average molecular weight is 382 g/mol. The number of hydrogen-bond acceptors (Lipinski definition) is 8. The summed E-state index contributed by atoms with van der Waals surface area (Å²) in [4.78, 5) is 14.6. The molecule has 1 aliphatic rings. The van der Waals surface area contributed by atoms with Gasteiger partial charge < -0.3 is 40.4 Å². The minimum absolute atomic E-state index is 0.0239. The Balaban J connectivity index is 1.73. The van der Waals surface area contributed by atoms with Crippen molar-refractivity contribution in [1.82, 2.24) is 10.3 Å². The van der Waals surface area contributed by atoms with Crippen LogP contribution in [-0.4, -0.2) is 84.9 Å². The molecule has 1 aliphatic heterocycles. The van der Waals surface area contributed by atoms with E-state index in [2.05, 4.69) is 10.3 Å². The van der Waals surface area contributed by atoms with Gasteiger partial charge >= 0.3 is 5.97 Å². The summed E-state index contributed by atoms with van der Waals surface area (Å²) >= 11 is 0. The van der Waals surface area contributed by atoms with Gasteiger partial charge in [0.2, 0.25) is 5.79 Å². The molecule has 1 fully saturated rings. The summed E-state index contributed by atoms with van der Waals surface area (Å²) in [6.07, 6.45) is -3.13. The number of carboxylic acids is 1. The van der Waals surface area contributed by atoms with Gasteiger partial charge in [0.1, 0.15) is 30.1 Å². The Hall–Kier alpha value is -2.21. The van der Waals surface area contributed by atoms with E-state index in [-0.39, 0.29) is 12.2 Å². The van der Waals surface area contributed by atoms with Gasteiger partial charge in [-0.05, 0) is 23.8 Å². The van der Waals surface area contributed by atoms with E-state index in [9.17, 15) is 35.4 Å². The number of phenolic OH excluding ortho intramolecular Hbond substituents is 1. The first-order valence-corrected chi connectivity index (χ1v) is 8.37. The summed E-state index contributed by atoms with van der Waals surface area (Å²) in [6.45, 7) is -0.890. The van der Waals surface area contributed by atoms with Crippen molar-refractivity contribution in [2.45, 2.75) is 36.6 Å². The Labute approximate surface area is 153 Å². The van der Waals surface area contributed by atoms with Crippen LogP contribution in [0.4, 0.5) is 0 Å². The number of aromatic hydroxyl groups is 1. The van der Waals surface area contributed by atoms with Gasteiger partial charge in [0, 0.05) is 23.5 Å². The number of H-pyrrole nitrogens is 1. The molecule has 1 aromatic carbocycles. The van der Waals surface area contributed by atoms with Gasteiger partial charge in [-0.3, -0.25) is 10.1 Å². The lowest BCUT2D eigenvalue weighted by molar-refractivity contribution is -0.318. The molecule has 10 heteroatoms. The first-order chi connectivity index (χ1) is 12.7. The second-order valence-electron chi connectivity index (χ2n) is 6.68. The van der Waals surface area contributed by atoms with Crippen LogP contribution in [0.5, 0.6) is 5.75 Å². The Morgan fingerprint density at radius 1 is 1.37 bits per heavy atom. The highest BCUT2D eigenvalue weighted by molar-refractivity contribution is 5.85. The van der Waals surface area contributed by atoms with Gasteiger partial charge in [-0.2, -0.15) is 0 Å². The average Bonchev–Trinajstić information content (AvgIpc) is 3.02. The third-order valence-corrected chi connectivity index (χ3v) is 4.76. The molecule has 8 N–H and O–H groups in total. The Morgan fingerprint density at radius 2 is 2.11 bits per heavy atom. The monoisotopic (exact) mass is 382 g/mol. The Bertz CT molecular complexity index is 824. The van der Waals surface area contributed by atoms with Crippen LogP contribution in [0.15, 0.2) is 24.4 Å². The van der Waals surface area contributed by atoms with Crippen molar-refractivity contribution in [2.24, 2.45) is 0 Å². The minimum Gasteiger partial charge on any atom is -0.508 e. The lowest BCUT2D eigenvalue weighted by Crippen LogP contribution is -2.65. The van der Waals surface area contributed by atoms with Crippen LogP contribution >= 0.6 is 0 Å². The third kappa shape index (κ3) is 3.90. The van der Waals surface area contributed by atoms with Gasteiger partial charge in [-0.15, -0.1) is 0 Å². The maximum Gasteiger partial charge on any atom is 0.321 e. The van der Waals surface area contributed by atoms with Crippen molar-refractivity contribution in [1.29, 1.82) is 0 Å². The molecule has 1 saturated heterocycles. The molecule has 0 amide bonds. The zero-order chi connectivity index (χ0) is 19.8. The maximum atomic E-state index is 11.6. The van der Waals surface area contributed by atoms with Gasteiger partial charge in [0.05, 0.1) is 13.2 Å². The molecule has 27 heavy (non-hydrogen) atoms. The van der Waals surface area contributed by atoms with Gasteiger partial charge in [-0.25, -0.2) is 0 Å². The number of fused-ring (bicyclic) bond motifs is 1. The molecule has 2 aromatic rings. The van der Waals surface area contributed by atoms with Crippen molar-refractivity contribution in [3.63, 3.8) is 0 Å². The third-order valence-electron chi connectivity index (χ3n) is 4.76. The molecule has 5 atom stereocenters. The number of carbonyl (C=O) groups is 1. The molecule has 2 heterocycles. The molecule has 0 saturated carbocycles. The highest BCUT2D eigenvalue weighted by atomic mass is 16.6. The first kappa shape index (κ1) is 19.5. The molecule has 5 unspecified atom stereocenters. The van der Waals surface area contributed by atoms with Gasteiger partial charge in [-0.1, -0.05) is 0 Å². The van der Waals surface area contributed by atoms with E-state index in [1.807, 2.05) is 0 Å². The standard InChI is InChI=1S/C17H22N2O8/c20-9-1-2-11-10(4-9)8(5-18-11)3-12(16(24)25)19-7-17(26)15(23)14(22)13(21)6-27-17/h1-2,4-5,12-15,18-23,26H,3,6-7H2,(H,24,25). The summed E-state index contributed by atoms with van der Waals surface area (Å²) < 4.78 is 5.01. The predicted octanol–water partition coefficient (Wildman–Crippen LogP) is -1.74. The van der Waals surface area contributed by atoms with Crippen molar-refractivity contribution < 1.29 is 40.2 Å². The second-order valence-corrected chi connectivity index (χ2v) is 6.68. The van der Waals surface area contributed by atoms with E-state index in [1.165, 1.54) is 12.1 Å². The molecule has 148 valence electrons. The highest BCUT2D eigenvalue weighted by Crippen LogP contribution is 2.25. The molecule has 0 radical (unpaired) electrons. The van der Waals surface area contributed by atoms with Crippen LogP contribution in [0.1, 0.15) is 5.56 Å². The lowest BCUT2D eigenvalue weighted by atomic mass is 9.96. The fourth-order valence-electron chi connectivity index (χ4n) is 3.12. The summed E-state index contributed by atoms with van der Waals surface area (Å²) in [6, 6.07) is 3.54. The molecule has 1 aromatic heterocycles. The number of phenols is 1. The smallest absolute Gasteiger partial charge is 0.321 e. The molecule has 0 aliphatic carbocycles. The SMILES string of the molecule is O=C(O)C(Cc1c[nH]c2ccc(O)cc12)NCC1(O)OCC(O)C(O)C1O. The number of aliphatic carboxylic acids is 1. The Morgan fingerprint density at radius 3 is 2.81 bits per heavy atom. The van der Waals surface area contributed by atoms with E-state index >= 15 is 0 Å². The molecular weight excluding hydrogens is 360 g/mol. The van der Waals surface area contributed by atoms with Crippen molar-refractivity contribution >= 4 is 16.9 Å². The molecular formula is C17H22N2O8. The number of rotatable bonds is 6. The summed E-state index contributed by atoms with van der Waals surface area (Å²) in [7, 11) is 0. The Kier molecular flexibility index (Phi) is 5.38. The second kappa shape index (κ2) is 7.43. The first-order valence-electron chi connectivity index (χ1n) is 8.37. The molecule has 0 bridgehead atoms. The van der Waals surface area contributed by atoms with Gasteiger partial charge in [0.25, 0.3) is 0 Å². The summed E-state index contributed by atoms with van der Waals surface area (Å²) in [5, 5.41) is 61.8. The number of benzene rings is 1. The zero-order valence-electron chi connectivity index (χ0n) is 14.2. The number of ether oxygens (including phenoxy) is 1. The van der Waals surface area contributed by atoms with E-state index in [0.29, 0.717) is 10.9 Å². The largest absolute Gasteiger partial charge is 0.508 e. The van der Waals surface area contributed by atoms with Crippen LogP contribution in [0.2, 0.25) is 0 Å². The number of aromatic amines is 1. The number of aliphatic hydroxyl groups excluding tert-OH is 3. The fourth-order valence-corrected chi connectivity index (χ4v) is 3.12. The quantitative estimate of drug-likeness (QED) is 0.288. The fraction of sp³-hybridized carbons (Fsp3) is 0.471. The highest BCUT2D eigenvalue weighted by Gasteiger charge is 2.48. The van der Waals surface area contributed by atoms with E-state index in [0.717, 1.165) is 5.52 Å². The number of carboxylic acid groups (broad SMARTS) is 1. The lowest BCUT2D eigenvalue weighted by Gasteiger charge is -2.42. The zero-order valence-corrected chi connectivity index (χ0v) is 14.2. The van der Waals surface area contributed by atoms with Crippen LogP contribution in [0, 0.1) is 0 Å². The predicted molar refractivity (Wildman–Crippen MR) is 92.0 cm³/mol. The minimum atomic E-state index is -2.25.